The van der Waals surface area contributed by atoms with Crippen molar-refractivity contribution in [3.8, 4) is 0 Å². The predicted octanol–water partition coefficient (Wildman–Crippen LogP) is -0.989. The molecule has 0 aromatic rings. The van der Waals surface area contributed by atoms with E-state index in [-0.39, 0.29) is 17.8 Å². The standard InChI is InChI=1S/C5H9N3O2/c6-5(8-10)3-1-2-4(9)7-3/h3,10H,1-2H2,(H2,6,8)(H,7,9)/t3-/m1/s1. The van der Waals surface area contributed by atoms with E-state index >= 15 is 0 Å². The van der Waals surface area contributed by atoms with E-state index in [2.05, 4.69) is 10.5 Å². The first-order valence-electron chi connectivity index (χ1n) is 3.01. The molecule has 0 aliphatic carbocycles. The molecule has 4 N–H and O–H groups in total. The zero-order chi connectivity index (χ0) is 7.56. The molecule has 56 valence electrons. The molecule has 1 saturated heterocycles. The smallest absolute Gasteiger partial charge is 0.220 e. The van der Waals surface area contributed by atoms with Crippen molar-refractivity contribution in [3.05, 3.63) is 0 Å². The Balaban J connectivity index is 2.52. The summed E-state index contributed by atoms with van der Waals surface area (Å²) in [5.41, 5.74) is 5.23. The molecule has 5 nitrogen and oxygen atoms in total. The van der Waals surface area contributed by atoms with E-state index in [1.165, 1.54) is 0 Å². The van der Waals surface area contributed by atoms with E-state index in [1.807, 2.05) is 0 Å². The molecule has 1 fully saturated rings. The number of carbonyl (C=O) groups is 1. The lowest BCUT2D eigenvalue weighted by Crippen LogP contribution is -2.38. The molecule has 0 aromatic heterocycles. The Morgan fingerprint density at radius 2 is 2.60 bits per heavy atom. The van der Waals surface area contributed by atoms with E-state index < -0.39 is 0 Å². The number of oxime groups is 1. The van der Waals surface area contributed by atoms with E-state index in [9.17, 15) is 4.79 Å². The van der Waals surface area contributed by atoms with Crippen molar-refractivity contribution in [2.45, 2.75) is 18.9 Å². The summed E-state index contributed by atoms with van der Waals surface area (Å²) in [5.74, 6) is 0.0300. The topological polar surface area (TPSA) is 87.7 Å². The van der Waals surface area contributed by atoms with Crippen LogP contribution in [-0.4, -0.2) is 23.0 Å². The molecular weight excluding hydrogens is 134 g/mol. The minimum absolute atomic E-state index is 0.0448. The summed E-state index contributed by atoms with van der Waals surface area (Å²) in [6.07, 6.45) is 1.08. The van der Waals surface area contributed by atoms with Crippen molar-refractivity contribution in [2.24, 2.45) is 10.9 Å². The lowest BCUT2D eigenvalue weighted by molar-refractivity contribution is -0.119. The average molecular weight is 143 g/mol. The molecule has 0 spiro atoms. The summed E-state index contributed by atoms with van der Waals surface area (Å²) >= 11 is 0. The van der Waals surface area contributed by atoms with Gasteiger partial charge in [0.2, 0.25) is 5.91 Å². The second kappa shape index (κ2) is 2.55. The van der Waals surface area contributed by atoms with E-state index in [1.54, 1.807) is 0 Å². The van der Waals surface area contributed by atoms with Gasteiger partial charge in [-0.1, -0.05) is 5.16 Å². The molecule has 1 atom stereocenters. The fourth-order valence-electron chi connectivity index (χ4n) is 0.906. The number of rotatable bonds is 1. The van der Waals surface area contributed by atoms with Gasteiger partial charge in [-0.25, -0.2) is 0 Å². The van der Waals surface area contributed by atoms with Gasteiger partial charge >= 0.3 is 0 Å². The van der Waals surface area contributed by atoms with Gasteiger partial charge in [0.1, 0.15) is 0 Å². The van der Waals surface area contributed by atoms with Crippen LogP contribution in [0.5, 0.6) is 0 Å². The minimum Gasteiger partial charge on any atom is -0.409 e. The summed E-state index contributed by atoms with van der Waals surface area (Å²) < 4.78 is 0. The fourth-order valence-corrected chi connectivity index (χ4v) is 0.906. The van der Waals surface area contributed by atoms with Crippen LogP contribution in [0.4, 0.5) is 0 Å². The van der Waals surface area contributed by atoms with Crippen LogP contribution in [0.3, 0.4) is 0 Å². The lowest BCUT2D eigenvalue weighted by atomic mass is 10.2. The van der Waals surface area contributed by atoms with Crippen LogP contribution in [0.2, 0.25) is 0 Å². The average Bonchev–Trinajstić information content (AvgIpc) is 2.34. The zero-order valence-corrected chi connectivity index (χ0v) is 5.37. The highest BCUT2D eigenvalue weighted by Crippen LogP contribution is 2.05. The molecule has 10 heavy (non-hydrogen) atoms. The number of hydrogen-bond acceptors (Lipinski definition) is 3. The molecule has 1 aliphatic heterocycles. The zero-order valence-electron chi connectivity index (χ0n) is 5.37. The molecule has 0 aromatic carbocycles. The number of nitrogens with one attached hydrogen (secondary N) is 1. The maximum absolute atomic E-state index is 10.6. The summed E-state index contributed by atoms with van der Waals surface area (Å²) in [5, 5.41) is 13.5. The number of amidine groups is 1. The van der Waals surface area contributed by atoms with Crippen molar-refractivity contribution in [1.82, 2.24) is 5.32 Å². The Labute approximate surface area is 57.9 Å². The fraction of sp³-hybridized carbons (Fsp3) is 0.600. The van der Waals surface area contributed by atoms with Crippen molar-refractivity contribution < 1.29 is 10.0 Å². The number of amides is 1. The van der Waals surface area contributed by atoms with Gasteiger partial charge in [0.25, 0.3) is 0 Å². The van der Waals surface area contributed by atoms with E-state index in [0.717, 1.165) is 0 Å². The van der Waals surface area contributed by atoms with Crippen molar-refractivity contribution in [3.63, 3.8) is 0 Å². The molecule has 1 heterocycles. The van der Waals surface area contributed by atoms with Crippen LogP contribution in [0.15, 0.2) is 5.16 Å². The van der Waals surface area contributed by atoms with E-state index in [0.29, 0.717) is 12.8 Å². The van der Waals surface area contributed by atoms with Crippen LogP contribution < -0.4 is 11.1 Å². The molecule has 1 aliphatic rings. The third kappa shape index (κ3) is 1.18. The molecular formula is C5H9N3O2. The van der Waals surface area contributed by atoms with Gasteiger partial charge < -0.3 is 16.3 Å². The quantitative estimate of drug-likeness (QED) is 0.190. The number of nitrogens with two attached hydrogens (primary N) is 1. The van der Waals surface area contributed by atoms with E-state index in [4.69, 9.17) is 10.9 Å². The van der Waals surface area contributed by atoms with Crippen LogP contribution in [0.25, 0.3) is 0 Å². The van der Waals surface area contributed by atoms with Gasteiger partial charge in [-0.3, -0.25) is 4.79 Å². The monoisotopic (exact) mass is 143 g/mol. The number of hydrogen-bond donors (Lipinski definition) is 3. The summed E-state index contributed by atoms with van der Waals surface area (Å²) in [6, 6.07) is -0.266. The highest BCUT2D eigenvalue weighted by atomic mass is 16.4. The number of carbonyl (C=O) groups excluding carboxylic acids is 1. The summed E-state index contributed by atoms with van der Waals surface area (Å²) in [6.45, 7) is 0. The Kier molecular flexibility index (Phi) is 1.75. The largest absolute Gasteiger partial charge is 0.409 e. The first-order valence-corrected chi connectivity index (χ1v) is 3.01. The first-order chi connectivity index (χ1) is 4.74. The molecule has 5 heteroatoms. The normalized spacial score (nSPS) is 26.6. The SMILES string of the molecule is N/C(=N\O)[C@H]1CCC(=O)N1. The van der Waals surface area contributed by atoms with Gasteiger partial charge in [-0.05, 0) is 6.42 Å². The van der Waals surface area contributed by atoms with Crippen molar-refractivity contribution in [1.29, 1.82) is 0 Å². The van der Waals surface area contributed by atoms with Crippen LogP contribution in [-0.2, 0) is 4.79 Å². The van der Waals surface area contributed by atoms with Gasteiger partial charge in [0.05, 0.1) is 6.04 Å². The van der Waals surface area contributed by atoms with Gasteiger partial charge in [-0.2, -0.15) is 0 Å². The molecule has 0 bridgehead atoms. The lowest BCUT2D eigenvalue weighted by Gasteiger charge is -2.05. The maximum Gasteiger partial charge on any atom is 0.220 e. The Morgan fingerprint density at radius 3 is 3.00 bits per heavy atom. The molecule has 1 rings (SSSR count). The summed E-state index contributed by atoms with van der Waals surface area (Å²) in [7, 11) is 0. The minimum atomic E-state index is -0.266. The highest BCUT2D eigenvalue weighted by Gasteiger charge is 2.23. The summed E-state index contributed by atoms with van der Waals surface area (Å²) in [4.78, 5) is 10.6. The Morgan fingerprint density at radius 1 is 1.90 bits per heavy atom. The molecule has 0 radical (unpaired) electrons. The van der Waals surface area contributed by atoms with Crippen molar-refractivity contribution in [2.75, 3.05) is 0 Å². The predicted molar refractivity (Wildman–Crippen MR) is 34.6 cm³/mol. The first kappa shape index (κ1) is 6.85. The Bertz CT molecular complexity index is 178. The molecule has 0 unspecified atom stereocenters. The van der Waals surface area contributed by atoms with Crippen LogP contribution >= 0.6 is 0 Å². The van der Waals surface area contributed by atoms with Crippen LogP contribution in [0, 0.1) is 0 Å². The van der Waals surface area contributed by atoms with Gasteiger partial charge in [0.15, 0.2) is 5.84 Å². The van der Waals surface area contributed by atoms with Gasteiger partial charge in [-0.15, -0.1) is 0 Å². The highest BCUT2D eigenvalue weighted by molar-refractivity contribution is 5.92. The third-order valence-electron chi connectivity index (χ3n) is 1.47. The number of nitrogens with zero attached hydrogens (tertiary/aromatic N) is 1. The molecule has 0 saturated carbocycles. The molecule has 1 amide bonds. The Hall–Kier alpha value is -1.26. The van der Waals surface area contributed by atoms with Crippen molar-refractivity contribution >= 4 is 11.7 Å². The second-order valence-corrected chi connectivity index (χ2v) is 2.18. The second-order valence-electron chi connectivity index (χ2n) is 2.18. The maximum atomic E-state index is 10.6. The van der Waals surface area contributed by atoms with Gasteiger partial charge in [0, 0.05) is 6.42 Å². The van der Waals surface area contributed by atoms with Crippen LogP contribution in [0.1, 0.15) is 12.8 Å². The third-order valence-corrected chi connectivity index (χ3v) is 1.47.